The van der Waals surface area contributed by atoms with E-state index in [1.165, 1.54) is 6.42 Å². The lowest BCUT2D eigenvalue weighted by Gasteiger charge is -2.12. The maximum Gasteiger partial charge on any atom is 0.327 e. The predicted molar refractivity (Wildman–Crippen MR) is 80.3 cm³/mol. The Hall–Kier alpha value is -1.06. The van der Waals surface area contributed by atoms with Gasteiger partial charge < -0.3 is 10.5 Å². The average molecular weight is 286 g/mol. The lowest BCUT2D eigenvalue weighted by atomic mass is 10.1. The fourth-order valence-corrected chi connectivity index (χ4v) is 1.71. The normalized spacial score (nSPS) is 11.8. The third-order valence-electron chi connectivity index (χ3n) is 2.83. The third kappa shape index (κ3) is 7.19. The first-order valence-electron chi connectivity index (χ1n) is 6.58. The number of halogens is 1. The van der Waals surface area contributed by atoms with Crippen molar-refractivity contribution in [1.29, 1.82) is 0 Å². The van der Waals surface area contributed by atoms with Crippen LogP contribution in [0.1, 0.15) is 44.7 Å². The Kier molecular flexibility index (Phi) is 9.27. The number of hydrogen-bond donors (Lipinski definition) is 1. The van der Waals surface area contributed by atoms with Crippen molar-refractivity contribution in [3.8, 4) is 0 Å². The summed E-state index contributed by atoms with van der Waals surface area (Å²) >= 11 is 0. The van der Waals surface area contributed by atoms with Crippen LogP contribution in [0.4, 0.5) is 0 Å². The molecular formula is C15H24ClNO2. The molecule has 0 saturated heterocycles. The maximum atomic E-state index is 11.7. The van der Waals surface area contributed by atoms with Crippen LogP contribution in [0.3, 0.4) is 0 Å². The molecule has 3 nitrogen and oxygen atoms in total. The molecule has 0 aliphatic carbocycles. The van der Waals surface area contributed by atoms with Gasteiger partial charge in [0.2, 0.25) is 0 Å². The molecule has 2 N–H and O–H groups in total. The smallest absolute Gasteiger partial charge is 0.327 e. The summed E-state index contributed by atoms with van der Waals surface area (Å²) in [6.07, 6.45) is 3.17. The molecule has 0 fully saturated rings. The van der Waals surface area contributed by atoms with Crippen molar-refractivity contribution in [3.05, 3.63) is 35.9 Å². The lowest BCUT2D eigenvalue weighted by Crippen LogP contribution is -2.24. The minimum Gasteiger partial charge on any atom is -0.464 e. The van der Waals surface area contributed by atoms with Crippen LogP contribution < -0.4 is 5.73 Å². The second-order valence-corrected chi connectivity index (χ2v) is 4.95. The summed E-state index contributed by atoms with van der Waals surface area (Å²) in [5.41, 5.74) is 6.62. The van der Waals surface area contributed by atoms with Gasteiger partial charge in [-0.2, -0.15) is 0 Å². The van der Waals surface area contributed by atoms with Gasteiger partial charge in [-0.05, 0) is 24.3 Å². The summed E-state index contributed by atoms with van der Waals surface area (Å²) < 4.78 is 5.18. The molecule has 1 aromatic rings. The number of ether oxygens (including phenoxy) is 1. The molecule has 0 radical (unpaired) electrons. The number of esters is 1. The van der Waals surface area contributed by atoms with Crippen molar-refractivity contribution in [2.24, 2.45) is 11.7 Å². The first-order valence-corrected chi connectivity index (χ1v) is 6.58. The lowest BCUT2D eigenvalue weighted by molar-refractivity contribution is -0.145. The molecule has 1 atom stereocenters. The first-order chi connectivity index (χ1) is 8.61. The number of carbonyl (C=O) groups is 1. The minimum absolute atomic E-state index is 0. The highest BCUT2D eigenvalue weighted by Crippen LogP contribution is 2.12. The minimum atomic E-state index is -0.670. The summed E-state index contributed by atoms with van der Waals surface area (Å²) in [6.45, 7) is 4.85. The second kappa shape index (κ2) is 9.82. The number of rotatable bonds is 7. The SMILES string of the molecule is CC(C)CCCCOC(=O)C(N)c1ccccc1.Cl. The van der Waals surface area contributed by atoms with E-state index in [2.05, 4.69) is 13.8 Å². The average Bonchev–Trinajstić information content (AvgIpc) is 2.38. The van der Waals surface area contributed by atoms with Gasteiger partial charge in [0.1, 0.15) is 6.04 Å². The zero-order valence-corrected chi connectivity index (χ0v) is 12.5. The quantitative estimate of drug-likeness (QED) is 0.616. The van der Waals surface area contributed by atoms with E-state index in [1.807, 2.05) is 30.3 Å². The van der Waals surface area contributed by atoms with Gasteiger partial charge in [0.15, 0.2) is 0 Å². The molecule has 108 valence electrons. The Bertz CT molecular complexity index is 354. The van der Waals surface area contributed by atoms with Gasteiger partial charge in [0, 0.05) is 0 Å². The number of carbonyl (C=O) groups excluding carboxylic acids is 1. The van der Waals surface area contributed by atoms with Crippen molar-refractivity contribution < 1.29 is 9.53 Å². The van der Waals surface area contributed by atoms with Gasteiger partial charge in [-0.25, -0.2) is 4.79 Å². The number of unbranched alkanes of at least 4 members (excludes halogenated alkanes) is 1. The van der Waals surface area contributed by atoms with E-state index >= 15 is 0 Å². The number of nitrogens with two attached hydrogens (primary N) is 1. The van der Waals surface area contributed by atoms with Crippen molar-refractivity contribution in [2.75, 3.05) is 6.61 Å². The van der Waals surface area contributed by atoms with Crippen LogP contribution >= 0.6 is 12.4 Å². The fraction of sp³-hybridized carbons (Fsp3) is 0.533. The first kappa shape index (κ1) is 17.9. The zero-order chi connectivity index (χ0) is 13.4. The standard InChI is InChI=1S/C15H23NO2.ClH/c1-12(2)8-6-7-11-18-15(17)14(16)13-9-4-3-5-10-13;/h3-5,9-10,12,14H,6-8,11,16H2,1-2H3;1H. The van der Waals surface area contributed by atoms with Gasteiger partial charge in [0.05, 0.1) is 6.61 Å². The number of benzene rings is 1. The van der Waals surface area contributed by atoms with Crippen LogP contribution in [0.15, 0.2) is 30.3 Å². The van der Waals surface area contributed by atoms with E-state index in [4.69, 9.17) is 10.5 Å². The summed E-state index contributed by atoms with van der Waals surface area (Å²) in [5.74, 6) is 0.359. The molecule has 0 heterocycles. The topological polar surface area (TPSA) is 52.3 Å². The molecule has 0 aliphatic rings. The summed E-state index contributed by atoms with van der Waals surface area (Å²) in [4.78, 5) is 11.7. The molecule has 0 spiro atoms. The van der Waals surface area contributed by atoms with Crippen molar-refractivity contribution >= 4 is 18.4 Å². The predicted octanol–water partition coefficient (Wildman–Crippen LogP) is 3.48. The summed E-state index contributed by atoms with van der Waals surface area (Å²) in [5, 5.41) is 0. The molecular weight excluding hydrogens is 262 g/mol. The number of hydrogen-bond acceptors (Lipinski definition) is 3. The fourth-order valence-electron chi connectivity index (χ4n) is 1.71. The van der Waals surface area contributed by atoms with Crippen LogP contribution in [-0.2, 0) is 9.53 Å². The van der Waals surface area contributed by atoms with Crippen molar-refractivity contribution in [2.45, 2.75) is 39.2 Å². The summed E-state index contributed by atoms with van der Waals surface area (Å²) in [7, 11) is 0. The third-order valence-corrected chi connectivity index (χ3v) is 2.83. The Balaban J connectivity index is 0.00000324. The monoisotopic (exact) mass is 285 g/mol. The van der Waals surface area contributed by atoms with Crippen LogP contribution in [0, 0.1) is 5.92 Å². The molecule has 0 bridgehead atoms. The molecule has 1 unspecified atom stereocenters. The molecule has 19 heavy (non-hydrogen) atoms. The molecule has 1 aromatic carbocycles. The van der Waals surface area contributed by atoms with Crippen molar-refractivity contribution in [3.63, 3.8) is 0 Å². The maximum absolute atomic E-state index is 11.7. The van der Waals surface area contributed by atoms with E-state index in [-0.39, 0.29) is 18.4 Å². The van der Waals surface area contributed by atoms with Crippen LogP contribution in [-0.4, -0.2) is 12.6 Å². The van der Waals surface area contributed by atoms with Crippen LogP contribution in [0.5, 0.6) is 0 Å². The van der Waals surface area contributed by atoms with Crippen molar-refractivity contribution in [1.82, 2.24) is 0 Å². The van der Waals surface area contributed by atoms with Gasteiger partial charge in [-0.3, -0.25) is 0 Å². The Morgan fingerprint density at radius 1 is 1.21 bits per heavy atom. The van der Waals surface area contributed by atoms with E-state index in [0.717, 1.165) is 18.4 Å². The molecule has 0 aromatic heterocycles. The molecule has 0 saturated carbocycles. The van der Waals surface area contributed by atoms with E-state index in [1.54, 1.807) is 0 Å². The van der Waals surface area contributed by atoms with Gasteiger partial charge in [-0.1, -0.05) is 50.6 Å². The Morgan fingerprint density at radius 2 is 1.84 bits per heavy atom. The van der Waals surface area contributed by atoms with Gasteiger partial charge >= 0.3 is 5.97 Å². The van der Waals surface area contributed by atoms with Crippen LogP contribution in [0.2, 0.25) is 0 Å². The van der Waals surface area contributed by atoms with E-state index < -0.39 is 6.04 Å². The van der Waals surface area contributed by atoms with Gasteiger partial charge in [0.25, 0.3) is 0 Å². The Morgan fingerprint density at radius 3 is 2.42 bits per heavy atom. The summed E-state index contributed by atoms with van der Waals surface area (Å²) in [6, 6.07) is 8.63. The largest absolute Gasteiger partial charge is 0.464 e. The van der Waals surface area contributed by atoms with E-state index in [9.17, 15) is 4.79 Å². The molecule has 0 aliphatic heterocycles. The highest BCUT2D eigenvalue weighted by atomic mass is 35.5. The van der Waals surface area contributed by atoms with E-state index in [0.29, 0.717) is 12.5 Å². The zero-order valence-electron chi connectivity index (χ0n) is 11.7. The van der Waals surface area contributed by atoms with Gasteiger partial charge in [-0.15, -0.1) is 12.4 Å². The highest BCUT2D eigenvalue weighted by molar-refractivity contribution is 5.85. The second-order valence-electron chi connectivity index (χ2n) is 4.95. The molecule has 4 heteroatoms. The van der Waals surface area contributed by atoms with Crippen LogP contribution in [0.25, 0.3) is 0 Å². The molecule has 0 amide bonds. The molecule has 1 rings (SSSR count). The Labute approximate surface area is 121 Å². The highest BCUT2D eigenvalue weighted by Gasteiger charge is 2.16.